The van der Waals surface area contributed by atoms with E-state index in [1.54, 1.807) is 0 Å². The highest BCUT2D eigenvalue weighted by atomic mass is 16.6. The van der Waals surface area contributed by atoms with E-state index in [2.05, 4.69) is 93.7 Å². The number of allylic oxidation sites excluding steroid dienone is 12. The number of ether oxygens (including phenoxy) is 3. The van der Waals surface area contributed by atoms with Gasteiger partial charge in [0.25, 0.3) is 0 Å². The third-order valence-electron chi connectivity index (χ3n) is 14.2. The summed E-state index contributed by atoms with van der Waals surface area (Å²) >= 11 is 0. The SMILES string of the molecule is CC/C=C\C/C=C\C/C=C\C/C=C\C/C=C\CCCCCCCCCCCCCC(=O)OCC(COC(=O)CCCCCCC/C=C\CCCCC)OC(=O)CCCCCCCCCCCCCCCCCCCC. The molecule has 0 rings (SSSR count). The van der Waals surface area contributed by atoms with Crippen LogP contribution in [0.1, 0.15) is 329 Å². The Morgan fingerprint density at radius 1 is 0.280 bits per heavy atom. The summed E-state index contributed by atoms with van der Waals surface area (Å²) in [6.07, 6.45) is 82.0. The molecular formula is C69H122O6. The van der Waals surface area contributed by atoms with Gasteiger partial charge < -0.3 is 14.2 Å². The average Bonchev–Trinajstić information content (AvgIpc) is 3.41. The first-order valence-electron chi connectivity index (χ1n) is 32.4. The molecule has 0 spiro atoms. The second-order valence-corrected chi connectivity index (χ2v) is 21.6. The first-order chi connectivity index (χ1) is 37.0. The predicted molar refractivity (Wildman–Crippen MR) is 325 cm³/mol. The summed E-state index contributed by atoms with van der Waals surface area (Å²) in [7, 11) is 0. The quantitative estimate of drug-likeness (QED) is 0.0261. The molecule has 0 radical (unpaired) electrons. The van der Waals surface area contributed by atoms with E-state index >= 15 is 0 Å². The van der Waals surface area contributed by atoms with Crippen molar-refractivity contribution in [1.29, 1.82) is 0 Å². The van der Waals surface area contributed by atoms with E-state index in [0.29, 0.717) is 19.3 Å². The van der Waals surface area contributed by atoms with Crippen molar-refractivity contribution in [3.63, 3.8) is 0 Å². The lowest BCUT2D eigenvalue weighted by Crippen LogP contribution is -2.30. The zero-order chi connectivity index (χ0) is 54.3. The molecule has 0 N–H and O–H groups in total. The first kappa shape index (κ1) is 71.8. The van der Waals surface area contributed by atoms with Crippen LogP contribution in [0.3, 0.4) is 0 Å². The summed E-state index contributed by atoms with van der Waals surface area (Å²) in [6.45, 7) is 6.54. The van der Waals surface area contributed by atoms with E-state index in [1.165, 1.54) is 193 Å². The molecule has 434 valence electrons. The molecule has 0 saturated heterocycles. The molecule has 1 atom stereocenters. The maximum atomic E-state index is 12.9. The fourth-order valence-electron chi connectivity index (χ4n) is 9.35. The van der Waals surface area contributed by atoms with Crippen LogP contribution < -0.4 is 0 Å². The monoisotopic (exact) mass is 1050 g/mol. The minimum atomic E-state index is -0.778. The lowest BCUT2D eigenvalue weighted by molar-refractivity contribution is -0.167. The van der Waals surface area contributed by atoms with E-state index in [4.69, 9.17) is 14.2 Å². The fourth-order valence-corrected chi connectivity index (χ4v) is 9.35. The van der Waals surface area contributed by atoms with Crippen LogP contribution in [0, 0.1) is 0 Å². The maximum Gasteiger partial charge on any atom is 0.306 e. The normalized spacial score (nSPS) is 12.5. The smallest absolute Gasteiger partial charge is 0.306 e. The minimum Gasteiger partial charge on any atom is -0.462 e. The van der Waals surface area contributed by atoms with Gasteiger partial charge in [-0.3, -0.25) is 14.4 Å². The third kappa shape index (κ3) is 61.6. The van der Waals surface area contributed by atoms with Crippen molar-refractivity contribution in [1.82, 2.24) is 0 Å². The Labute approximate surface area is 465 Å². The van der Waals surface area contributed by atoms with Crippen LogP contribution in [0.4, 0.5) is 0 Å². The molecule has 1 unspecified atom stereocenters. The third-order valence-corrected chi connectivity index (χ3v) is 14.2. The van der Waals surface area contributed by atoms with Crippen LogP contribution >= 0.6 is 0 Å². The number of esters is 3. The molecule has 0 aliphatic rings. The molecule has 75 heavy (non-hydrogen) atoms. The van der Waals surface area contributed by atoms with E-state index in [9.17, 15) is 14.4 Å². The molecule has 0 aliphatic carbocycles. The number of carbonyl (C=O) groups excluding carboxylic acids is 3. The van der Waals surface area contributed by atoms with Crippen LogP contribution in [0.5, 0.6) is 0 Å². The number of hydrogen-bond donors (Lipinski definition) is 0. The Morgan fingerprint density at radius 2 is 0.520 bits per heavy atom. The highest BCUT2D eigenvalue weighted by Crippen LogP contribution is 2.17. The van der Waals surface area contributed by atoms with Crippen molar-refractivity contribution in [3.8, 4) is 0 Å². The van der Waals surface area contributed by atoms with Gasteiger partial charge in [-0.25, -0.2) is 0 Å². The van der Waals surface area contributed by atoms with Crippen molar-refractivity contribution in [3.05, 3.63) is 72.9 Å². The largest absolute Gasteiger partial charge is 0.462 e. The number of carbonyl (C=O) groups is 3. The second-order valence-electron chi connectivity index (χ2n) is 21.6. The summed E-state index contributed by atoms with van der Waals surface area (Å²) in [4.78, 5) is 38.3. The van der Waals surface area contributed by atoms with Gasteiger partial charge in [-0.15, -0.1) is 0 Å². The Morgan fingerprint density at radius 3 is 0.853 bits per heavy atom. The molecule has 0 fully saturated rings. The number of rotatable bonds is 59. The first-order valence-corrected chi connectivity index (χ1v) is 32.4. The van der Waals surface area contributed by atoms with Crippen molar-refractivity contribution in [2.24, 2.45) is 0 Å². The van der Waals surface area contributed by atoms with Crippen LogP contribution in [0.15, 0.2) is 72.9 Å². The molecule has 6 nitrogen and oxygen atoms in total. The van der Waals surface area contributed by atoms with Crippen molar-refractivity contribution in [2.75, 3.05) is 13.2 Å². The molecule has 0 aromatic rings. The zero-order valence-corrected chi connectivity index (χ0v) is 49.8. The highest BCUT2D eigenvalue weighted by Gasteiger charge is 2.19. The molecule has 0 aliphatic heterocycles. The number of unbranched alkanes of at least 4 members (excludes halogenated alkanes) is 36. The van der Waals surface area contributed by atoms with Gasteiger partial charge in [-0.05, 0) is 89.9 Å². The molecule has 0 aromatic carbocycles. The zero-order valence-electron chi connectivity index (χ0n) is 49.8. The van der Waals surface area contributed by atoms with Gasteiger partial charge in [0.1, 0.15) is 13.2 Å². The van der Waals surface area contributed by atoms with Crippen molar-refractivity contribution >= 4 is 17.9 Å². The summed E-state index contributed by atoms with van der Waals surface area (Å²) in [6, 6.07) is 0. The summed E-state index contributed by atoms with van der Waals surface area (Å²) in [5, 5.41) is 0. The van der Waals surface area contributed by atoms with Gasteiger partial charge in [-0.1, -0.05) is 293 Å². The fraction of sp³-hybridized carbons (Fsp3) is 0.783. The Kier molecular flexibility index (Phi) is 60.7. The lowest BCUT2D eigenvalue weighted by Gasteiger charge is -2.18. The second kappa shape index (κ2) is 63.4. The molecule has 0 aromatic heterocycles. The van der Waals surface area contributed by atoms with Crippen LogP contribution in [-0.2, 0) is 28.6 Å². The standard InChI is InChI=1S/C69H122O6/c1-4-7-10-13-16-19-22-25-27-29-31-32-33-34-35-36-37-38-39-41-42-44-47-50-53-56-59-62-68(71)74-65-66(64-73-67(70)61-58-55-52-49-46-24-21-18-15-12-9-6-3)75-69(72)63-60-57-54-51-48-45-43-40-30-28-26-23-20-17-14-11-8-5-2/h7,10,16,18-19,21,25,27,31-32,34-35,66H,4-6,8-9,11-15,17,20,22-24,26,28-30,33,36-65H2,1-3H3/b10-7-,19-16-,21-18-,27-25-,32-31-,35-34-. The van der Waals surface area contributed by atoms with E-state index < -0.39 is 6.10 Å². The Hall–Kier alpha value is -3.15. The van der Waals surface area contributed by atoms with Gasteiger partial charge in [-0.2, -0.15) is 0 Å². The highest BCUT2D eigenvalue weighted by molar-refractivity contribution is 5.71. The van der Waals surface area contributed by atoms with E-state index in [0.717, 1.165) is 96.3 Å². The molecule has 6 heteroatoms. The molecule has 0 bridgehead atoms. The summed E-state index contributed by atoms with van der Waals surface area (Å²) in [5.41, 5.74) is 0. The molecular weight excluding hydrogens is 925 g/mol. The molecule has 0 saturated carbocycles. The van der Waals surface area contributed by atoms with Crippen molar-refractivity contribution < 1.29 is 28.6 Å². The van der Waals surface area contributed by atoms with Gasteiger partial charge in [0.15, 0.2) is 6.10 Å². The predicted octanol–water partition coefficient (Wildman–Crippen LogP) is 22.1. The van der Waals surface area contributed by atoms with Gasteiger partial charge in [0.2, 0.25) is 0 Å². The summed E-state index contributed by atoms with van der Waals surface area (Å²) in [5.74, 6) is -0.871. The van der Waals surface area contributed by atoms with Crippen LogP contribution in [-0.4, -0.2) is 37.2 Å². The summed E-state index contributed by atoms with van der Waals surface area (Å²) < 4.78 is 16.9. The van der Waals surface area contributed by atoms with Gasteiger partial charge in [0, 0.05) is 19.3 Å². The van der Waals surface area contributed by atoms with Gasteiger partial charge in [0.05, 0.1) is 0 Å². The molecule has 0 amide bonds. The Balaban J connectivity index is 4.25. The minimum absolute atomic E-state index is 0.0760. The van der Waals surface area contributed by atoms with E-state index in [-0.39, 0.29) is 31.1 Å². The van der Waals surface area contributed by atoms with Crippen LogP contribution in [0.25, 0.3) is 0 Å². The average molecular weight is 1050 g/mol. The maximum absolute atomic E-state index is 12.9. The van der Waals surface area contributed by atoms with Crippen LogP contribution in [0.2, 0.25) is 0 Å². The lowest BCUT2D eigenvalue weighted by atomic mass is 10.0. The van der Waals surface area contributed by atoms with Crippen molar-refractivity contribution in [2.45, 2.75) is 335 Å². The Bertz CT molecular complexity index is 1390. The van der Waals surface area contributed by atoms with Gasteiger partial charge >= 0.3 is 17.9 Å². The van der Waals surface area contributed by atoms with E-state index in [1.807, 2.05) is 0 Å². The molecule has 0 heterocycles. The number of hydrogen-bond acceptors (Lipinski definition) is 6. The topological polar surface area (TPSA) is 78.9 Å².